The van der Waals surface area contributed by atoms with Gasteiger partial charge in [-0.1, -0.05) is 30.3 Å². The maximum Gasteiger partial charge on any atom is 0.410 e. The Labute approximate surface area is 149 Å². The van der Waals surface area contributed by atoms with Crippen molar-refractivity contribution in [3.63, 3.8) is 0 Å². The fourth-order valence-corrected chi connectivity index (χ4v) is 2.43. The molecule has 1 heterocycles. The van der Waals surface area contributed by atoms with Crippen LogP contribution < -0.4 is 0 Å². The molecule has 0 saturated heterocycles. The summed E-state index contributed by atoms with van der Waals surface area (Å²) in [7, 11) is 0. The molecule has 0 radical (unpaired) electrons. The van der Waals surface area contributed by atoms with Gasteiger partial charge in [0.25, 0.3) is 0 Å². The van der Waals surface area contributed by atoms with Gasteiger partial charge < -0.3 is 9.84 Å². The van der Waals surface area contributed by atoms with Crippen LogP contribution in [0.3, 0.4) is 0 Å². The van der Waals surface area contributed by atoms with Crippen LogP contribution in [-0.4, -0.2) is 33.3 Å². The van der Waals surface area contributed by atoms with Crippen LogP contribution in [0.1, 0.15) is 37.6 Å². The van der Waals surface area contributed by atoms with Gasteiger partial charge in [-0.2, -0.15) is 0 Å². The summed E-state index contributed by atoms with van der Waals surface area (Å²) >= 11 is 0. The summed E-state index contributed by atoms with van der Waals surface area (Å²) in [5.74, 6) is 0. The number of ether oxygens (including phenoxy) is 1. The normalized spacial score (nSPS) is 11.2. The predicted octanol–water partition coefficient (Wildman–Crippen LogP) is 3.55. The Morgan fingerprint density at radius 2 is 1.88 bits per heavy atom. The molecule has 0 aliphatic carbocycles. The molecule has 134 valence electrons. The van der Waals surface area contributed by atoms with Crippen LogP contribution in [0, 0.1) is 0 Å². The molecular weight excluding hydrogens is 316 g/mol. The van der Waals surface area contributed by atoms with E-state index in [0.29, 0.717) is 19.5 Å². The number of rotatable bonds is 6. The highest BCUT2D eigenvalue weighted by Crippen LogP contribution is 2.16. The number of aliphatic hydroxyl groups excluding tert-OH is 1. The highest BCUT2D eigenvalue weighted by Gasteiger charge is 2.23. The fraction of sp³-hybridized carbons (Fsp3) is 0.400. The van der Waals surface area contributed by atoms with E-state index in [0.717, 1.165) is 16.8 Å². The zero-order valence-corrected chi connectivity index (χ0v) is 15.1. The van der Waals surface area contributed by atoms with Crippen molar-refractivity contribution < 1.29 is 14.6 Å². The van der Waals surface area contributed by atoms with Crippen molar-refractivity contribution in [1.29, 1.82) is 0 Å². The number of amides is 1. The Bertz CT molecular complexity index is 681. The molecule has 0 fully saturated rings. The number of carbonyl (C=O) groups is 1. The topological polar surface area (TPSA) is 62.7 Å². The molecule has 1 amide bonds. The van der Waals surface area contributed by atoms with E-state index in [4.69, 9.17) is 9.84 Å². The smallest absolute Gasteiger partial charge is 0.410 e. The van der Waals surface area contributed by atoms with E-state index in [9.17, 15) is 4.79 Å². The van der Waals surface area contributed by atoms with Crippen LogP contribution in [0.15, 0.2) is 48.7 Å². The van der Waals surface area contributed by atoms with Crippen LogP contribution in [-0.2, 0) is 24.2 Å². The Morgan fingerprint density at radius 3 is 2.52 bits per heavy atom. The lowest BCUT2D eigenvalue weighted by Gasteiger charge is -2.27. The molecule has 0 atom stereocenters. The molecule has 0 unspecified atom stereocenters. The molecule has 0 spiro atoms. The van der Waals surface area contributed by atoms with Gasteiger partial charge in [0, 0.05) is 19.3 Å². The number of nitrogens with zero attached hydrogens (tertiary/aromatic N) is 2. The highest BCUT2D eigenvalue weighted by molar-refractivity contribution is 5.68. The zero-order chi connectivity index (χ0) is 18.3. The number of hydrogen-bond acceptors (Lipinski definition) is 4. The fourth-order valence-electron chi connectivity index (χ4n) is 2.43. The average Bonchev–Trinajstić information content (AvgIpc) is 2.54. The summed E-state index contributed by atoms with van der Waals surface area (Å²) in [6, 6.07) is 13.5. The van der Waals surface area contributed by atoms with Crippen LogP contribution in [0.25, 0.3) is 0 Å². The lowest BCUT2D eigenvalue weighted by molar-refractivity contribution is 0.0214. The van der Waals surface area contributed by atoms with Crippen LogP contribution in [0.2, 0.25) is 0 Å². The van der Waals surface area contributed by atoms with E-state index in [-0.39, 0.29) is 12.7 Å². The summed E-state index contributed by atoms with van der Waals surface area (Å²) in [6.45, 7) is 6.46. The van der Waals surface area contributed by atoms with E-state index < -0.39 is 5.60 Å². The first-order chi connectivity index (χ1) is 11.9. The highest BCUT2D eigenvalue weighted by atomic mass is 16.6. The SMILES string of the molecule is CC(C)(C)OC(=O)N(Cc1cccc(CCO)c1)Cc1ccccn1. The van der Waals surface area contributed by atoms with Gasteiger partial charge in [-0.3, -0.25) is 9.88 Å². The average molecular weight is 342 g/mol. The predicted molar refractivity (Wildman–Crippen MR) is 96.9 cm³/mol. The molecule has 5 nitrogen and oxygen atoms in total. The third kappa shape index (κ3) is 6.55. The first-order valence-corrected chi connectivity index (χ1v) is 8.44. The summed E-state index contributed by atoms with van der Waals surface area (Å²) in [5, 5.41) is 9.11. The minimum atomic E-state index is -0.557. The van der Waals surface area contributed by atoms with Crippen molar-refractivity contribution in [2.24, 2.45) is 0 Å². The zero-order valence-electron chi connectivity index (χ0n) is 15.1. The third-order valence-corrected chi connectivity index (χ3v) is 3.50. The summed E-state index contributed by atoms with van der Waals surface area (Å²) in [4.78, 5) is 18.6. The Balaban J connectivity index is 2.18. The Kier molecular flexibility index (Phi) is 6.53. The molecule has 1 aromatic heterocycles. The van der Waals surface area contributed by atoms with E-state index in [1.165, 1.54) is 0 Å². The van der Waals surface area contributed by atoms with Gasteiger partial charge in [-0.05, 0) is 50.5 Å². The van der Waals surface area contributed by atoms with Gasteiger partial charge >= 0.3 is 6.09 Å². The maximum absolute atomic E-state index is 12.6. The van der Waals surface area contributed by atoms with Gasteiger partial charge in [0.1, 0.15) is 5.60 Å². The first kappa shape index (κ1) is 18.9. The lowest BCUT2D eigenvalue weighted by Crippen LogP contribution is -2.36. The lowest BCUT2D eigenvalue weighted by atomic mass is 10.1. The Morgan fingerprint density at radius 1 is 1.12 bits per heavy atom. The molecule has 2 aromatic rings. The molecule has 0 saturated carbocycles. The van der Waals surface area contributed by atoms with E-state index >= 15 is 0 Å². The second-order valence-electron chi connectivity index (χ2n) is 6.95. The van der Waals surface area contributed by atoms with E-state index in [1.54, 1.807) is 11.1 Å². The van der Waals surface area contributed by atoms with Crippen molar-refractivity contribution in [3.8, 4) is 0 Å². The van der Waals surface area contributed by atoms with Crippen molar-refractivity contribution >= 4 is 6.09 Å². The second-order valence-corrected chi connectivity index (χ2v) is 6.95. The maximum atomic E-state index is 12.6. The van der Waals surface area contributed by atoms with Gasteiger partial charge in [0.15, 0.2) is 0 Å². The van der Waals surface area contributed by atoms with Gasteiger partial charge in [-0.25, -0.2) is 4.79 Å². The quantitative estimate of drug-likeness (QED) is 0.872. The van der Waals surface area contributed by atoms with Crippen LogP contribution in [0.4, 0.5) is 4.79 Å². The molecule has 2 rings (SSSR count). The number of carbonyl (C=O) groups excluding carboxylic acids is 1. The number of aliphatic hydroxyl groups is 1. The van der Waals surface area contributed by atoms with Crippen LogP contribution >= 0.6 is 0 Å². The number of pyridine rings is 1. The molecule has 5 heteroatoms. The molecule has 25 heavy (non-hydrogen) atoms. The van der Waals surface area contributed by atoms with Crippen LogP contribution in [0.5, 0.6) is 0 Å². The molecule has 1 aromatic carbocycles. The standard InChI is InChI=1S/C20H26N2O3/c1-20(2,3)25-19(24)22(15-18-9-4-5-11-21-18)14-17-8-6-7-16(13-17)10-12-23/h4-9,11,13,23H,10,12,14-15H2,1-3H3. The summed E-state index contributed by atoms with van der Waals surface area (Å²) < 4.78 is 5.54. The van der Waals surface area contributed by atoms with Crippen molar-refractivity contribution in [3.05, 3.63) is 65.5 Å². The summed E-state index contributed by atoms with van der Waals surface area (Å²) in [5.41, 5.74) is 2.28. The minimum Gasteiger partial charge on any atom is -0.444 e. The van der Waals surface area contributed by atoms with Crippen molar-refractivity contribution in [1.82, 2.24) is 9.88 Å². The first-order valence-electron chi connectivity index (χ1n) is 8.44. The number of benzene rings is 1. The minimum absolute atomic E-state index is 0.104. The van der Waals surface area contributed by atoms with Crippen molar-refractivity contribution in [2.75, 3.05) is 6.61 Å². The molecule has 0 aliphatic rings. The van der Waals surface area contributed by atoms with Gasteiger partial charge in [-0.15, -0.1) is 0 Å². The summed E-state index contributed by atoms with van der Waals surface area (Å²) in [6.07, 6.45) is 1.94. The number of aromatic nitrogens is 1. The third-order valence-electron chi connectivity index (χ3n) is 3.50. The van der Waals surface area contributed by atoms with E-state index in [1.807, 2.05) is 63.2 Å². The van der Waals surface area contributed by atoms with Gasteiger partial charge in [0.05, 0.1) is 12.2 Å². The van der Waals surface area contributed by atoms with Crippen molar-refractivity contribution in [2.45, 2.75) is 45.9 Å². The molecule has 1 N–H and O–H groups in total. The monoisotopic (exact) mass is 342 g/mol. The van der Waals surface area contributed by atoms with E-state index in [2.05, 4.69) is 4.98 Å². The van der Waals surface area contributed by atoms with Gasteiger partial charge in [0.2, 0.25) is 0 Å². The largest absolute Gasteiger partial charge is 0.444 e. The molecule has 0 bridgehead atoms. The molecule has 0 aliphatic heterocycles. The number of hydrogen-bond donors (Lipinski definition) is 1. The molecular formula is C20H26N2O3. The second kappa shape index (κ2) is 8.62. The Hall–Kier alpha value is -2.40.